The van der Waals surface area contributed by atoms with E-state index in [1.165, 1.54) is 18.2 Å². The maximum Gasteiger partial charge on any atom is 0.387 e. The van der Waals surface area contributed by atoms with Gasteiger partial charge in [0.2, 0.25) is 0 Å². The molecule has 5 nitrogen and oxygen atoms in total. The van der Waals surface area contributed by atoms with Crippen LogP contribution in [0.15, 0.2) is 24.3 Å². The molecule has 0 aromatic heterocycles. The van der Waals surface area contributed by atoms with Crippen molar-refractivity contribution in [1.82, 2.24) is 5.32 Å². The summed E-state index contributed by atoms with van der Waals surface area (Å²) >= 11 is 0. The summed E-state index contributed by atoms with van der Waals surface area (Å²) in [4.78, 5) is 11.8. The highest BCUT2D eigenvalue weighted by molar-refractivity contribution is 5.96. The Bertz CT molecular complexity index is 415. The van der Waals surface area contributed by atoms with Crippen LogP contribution in [0.4, 0.5) is 8.78 Å². The van der Waals surface area contributed by atoms with E-state index in [0.29, 0.717) is 19.6 Å². The lowest BCUT2D eigenvalue weighted by Gasteiger charge is -2.10. The van der Waals surface area contributed by atoms with E-state index in [4.69, 9.17) is 9.84 Å². The third-order valence-corrected chi connectivity index (χ3v) is 2.33. The molecule has 0 saturated carbocycles. The fraction of sp³-hybridized carbons (Fsp3) is 0.462. The third kappa shape index (κ3) is 5.94. The minimum atomic E-state index is -2.98. The molecule has 0 atom stereocenters. The molecule has 112 valence electrons. The normalized spacial score (nSPS) is 10.6. The molecule has 20 heavy (non-hydrogen) atoms. The summed E-state index contributed by atoms with van der Waals surface area (Å²) in [5.74, 6) is -0.639. The smallest absolute Gasteiger partial charge is 0.387 e. The number of nitrogens with one attached hydrogen (secondary N) is 1. The van der Waals surface area contributed by atoms with E-state index in [1.807, 2.05) is 0 Å². The molecule has 1 aromatic rings. The average Bonchev–Trinajstić information content (AvgIpc) is 2.42. The Morgan fingerprint density at radius 3 is 2.75 bits per heavy atom. The summed E-state index contributed by atoms with van der Waals surface area (Å²) in [6.45, 7) is -2.04. The molecular formula is C13H17F2NO4. The topological polar surface area (TPSA) is 67.8 Å². The monoisotopic (exact) mass is 289 g/mol. The number of aliphatic hydroxyl groups excluding tert-OH is 1. The SMILES string of the molecule is O=C(NCCCOCCO)c1ccccc1OC(F)F. The number of aliphatic hydroxyl groups is 1. The molecule has 1 aromatic carbocycles. The molecule has 1 rings (SSSR count). The molecule has 0 heterocycles. The molecular weight excluding hydrogens is 272 g/mol. The molecule has 0 radical (unpaired) electrons. The number of rotatable bonds is 9. The van der Waals surface area contributed by atoms with Crippen molar-refractivity contribution in [3.63, 3.8) is 0 Å². The van der Waals surface area contributed by atoms with Crippen molar-refractivity contribution < 1.29 is 28.2 Å². The van der Waals surface area contributed by atoms with E-state index in [1.54, 1.807) is 6.07 Å². The molecule has 0 spiro atoms. The number of carbonyl (C=O) groups is 1. The fourth-order valence-electron chi connectivity index (χ4n) is 1.49. The first-order valence-electron chi connectivity index (χ1n) is 6.15. The van der Waals surface area contributed by atoms with Gasteiger partial charge in [-0.25, -0.2) is 0 Å². The Kier molecular flexibility index (Phi) is 7.52. The van der Waals surface area contributed by atoms with Gasteiger partial charge in [0.15, 0.2) is 0 Å². The Morgan fingerprint density at radius 2 is 2.05 bits per heavy atom. The molecule has 2 N–H and O–H groups in total. The van der Waals surface area contributed by atoms with E-state index in [9.17, 15) is 13.6 Å². The zero-order valence-electron chi connectivity index (χ0n) is 10.9. The molecule has 0 aliphatic heterocycles. The summed E-state index contributed by atoms with van der Waals surface area (Å²) < 4.78 is 33.7. The highest BCUT2D eigenvalue weighted by Gasteiger charge is 2.14. The summed E-state index contributed by atoms with van der Waals surface area (Å²) in [6, 6.07) is 5.80. The van der Waals surface area contributed by atoms with Gasteiger partial charge in [0, 0.05) is 13.2 Å². The van der Waals surface area contributed by atoms with Gasteiger partial charge in [0.25, 0.3) is 5.91 Å². The molecule has 1 amide bonds. The zero-order valence-corrected chi connectivity index (χ0v) is 10.9. The van der Waals surface area contributed by atoms with Gasteiger partial charge in [-0.05, 0) is 18.6 Å². The van der Waals surface area contributed by atoms with Crippen molar-refractivity contribution in [2.45, 2.75) is 13.0 Å². The number of hydrogen-bond acceptors (Lipinski definition) is 4. The van der Waals surface area contributed by atoms with Crippen LogP contribution in [-0.4, -0.2) is 44.0 Å². The zero-order chi connectivity index (χ0) is 14.8. The van der Waals surface area contributed by atoms with Crippen molar-refractivity contribution >= 4 is 5.91 Å². The van der Waals surface area contributed by atoms with Crippen LogP contribution in [0.1, 0.15) is 16.8 Å². The second kappa shape index (κ2) is 9.22. The molecule has 0 saturated heterocycles. The minimum Gasteiger partial charge on any atom is -0.434 e. The average molecular weight is 289 g/mol. The summed E-state index contributed by atoms with van der Waals surface area (Å²) in [6.07, 6.45) is 0.559. The minimum absolute atomic E-state index is 0.0509. The van der Waals surface area contributed by atoms with Gasteiger partial charge < -0.3 is 19.9 Å². The van der Waals surface area contributed by atoms with Crippen LogP contribution in [0.25, 0.3) is 0 Å². The molecule has 0 aliphatic carbocycles. The van der Waals surface area contributed by atoms with Gasteiger partial charge in [-0.3, -0.25) is 4.79 Å². The number of benzene rings is 1. The summed E-state index contributed by atoms with van der Waals surface area (Å²) in [7, 11) is 0. The first-order valence-corrected chi connectivity index (χ1v) is 6.15. The predicted octanol–water partition coefficient (Wildman–Crippen LogP) is 1.42. The fourth-order valence-corrected chi connectivity index (χ4v) is 1.49. The van der Waals surface area contributed by atoms with Gasteiger partial charge in [0.05, 0.1) is 18.8 Å². The quantitative estimate of drug-likeness (QED) is 0.675. The van der Waals surface area contributed by atoms with E-state index >= 15 is 0 Å². The maximum absolute atomic E-state index is 12.2. The molecule has 0 bridgehead atoms. The van der Waals surface area contributed by atoms with Gasteiger partial charge in [0.1, 0.15) is 5.75 Å². The highest BCUT2D eigenvalue weighted by atomic mass is 19.3. The van der Waals surface area contributed by atoms with Crippen molar-refractivity contribution in [3.05, 3.63) is 29.8 Å². The Labute approximate surface area is 115 Å². The van der Waals surface area contributed by atoms with Gasteiger partial charge in [-0.1, -0.05) is 12.1 Å². The van der Waals surface area contributed by atoms with Crippen LogP contribution in [0, 0.1) is 0 Å². The number of amides is 1. The first kappa shape index (κ1) is 16.3. The number of halogens is 2. The first-order chi connectivity index (χ1) is 9.65. The number of hydrogen-bond donors (Lipinski definition) is 2. The lowest BCUT2D eigenvalue weighted by molar-refractivity contribution is -0.0501. The second-order valence-corrected chi connectivity index (χ2v) is 3.82. The third-order valence-electron chi connectivity index (χ3n) is 2.33. The number of ether oxygens (including phenoxy) is 2. The van der Waals surface area contributed by atoms with E-state index in [0.717, 1.165) is 0 Å². The molecule has 0 unspecified atom stereocenters. The van der Waals surface area contributed by atoms with Crippen molar-refractivity contribution in [2.75, 3.05) is 26.4 Å². The molecule has 0 aliphatic rings. The van der Waals surface area contributed by atoms with E-state index in [-0.39, 0.29) is 24.5 Å². The number of carbonyl (C=O) groups excluding carboxylic acids is 1. The molecule has 7 heteroatoms. The number of para-hydroxylation sites is 1. The molecule has 0 fully saturated rings. The predicted molar refractivity (Wildman–Crippen MR) is 67.9 cm³/mol. The van der Waals surface area contributed by atoms with Crippen molar-refractivity contribution in [3.8, 4) is 5.75 Å². The standard InChI is InChI=1S/C13H17F2NO4/c14-13(15)20-11-5-2-1-4-10(11)12(18)16-6-3-8-19-9-7-17/h1-2,4-5,13,17H,3,6-9H2,(H,16,18). The Balaban J connectivity index is 2.43. The van der Waals surface area contributed by atoms with Crippen LogP contribution < -0.4 is 10.1 Å². The highest BCUT2D eigenvalue weighted by Crippen LogP contribution is 2.19. The largest absolute Gasteiger partial charge is 0.434 e. The summed E-state index contributed by atoms with van der Waals surface area (Å²) in [5.41, 5.74) is 0.0593. The van der Waals surface area contributed by atoms with E-state index < -0.39 is 12.5 Å². The van der Waals surface area contributed by atoms with Gasteiger partial charge >= 0.3 is 6.61 Å². The van der Waals surface area contributed by atoms with Crippen molar-refractivity contribution in [2.24, 2.45) is 0 Å². The van der Waals surface area contributed by atoms with Crippen molar-refractivity contribution in [1.29, 1.82) is 0 Å². The van der Waals surface area contributed by atoms with Crippen LogP contribution in [0.2, 0.25) is 0 Å². The van der Waals surface area contributed by atoms with Crippen LogP contribution in [-0.2, 0) is 4.74 Å². The van der Waals surface area contributed by atoms with E-state index in [2.05, 4.69) is 10.1 Å². The number of alkyl halides is 2. The lowest BCUT2D eigenvalue weighted by atomic mass is 10.2. The van der Waals surface area contributed by atoms with Gasteiger partial charge in [-0.15, -0.1) is 0 Å². The van der Waals surface area contributed by atoms with Crippen LogP contribution in [0.5, 0.6) is 5.75 Å². The second-order valence-electron chi connectivity index (χ2n) is 3.82. The van der Waals surface area contributed by atoms with Crippen LogP contribution >= 0.6 is 0 Å². The maximum atomic E-state index is 12.2. The lowest BCUT2D eigenvalue weighted by Crippen LogP contribution is -2.26. The van der Waals surface area contributed by atoms with Crippen LogP contribution in [0.3, 0.4) is 0 Å². The Morgan fingerprint density at radius 1 is 1.30 bits per heavy atom. The van der Waals surface area contributed by atoms with Gasteiger partial charge in [-0.2, -0.15) is 8.78 Å². The summed E-state index contributed by atoms with van der Waals surface area (Å²) in [5, 5.41) is 11.1. The Hall–Kier alpha value is -1.73.